The number of morpholine rings is 1. The number of halogens is 2. The number of methoxy groups -OCH3 is 1. The molecule has 2 rings (SSSR count). The van der Waals surface area contributed by atoms with Crippen LogP contribution in [-0.4, -0.2) is 49.7 Å². The van der Waals surface area contributed by atoms with E-state index < -0.39 is 12.0 Å². The van der Waals surface area contributed by atoms with Crippen molar-refractivity contribution in [2.24, 2.45) is 0 Å². The van der Waals surface area contributed by atoms with E-state index in [0.717, 1.165) is 3.57 Å². The summed E-state index contributed by atoms with van der Waals surface area (Å²) in [5.41, 5.74) is 0.480. The van der Waals surface area contributed by atoms with E-state index in [4.69, 9.17) is 21.1 Å². The molecule has 1 aliphatic rings. The second-order valence-electron chi connectivity index (χ2n) is 4.24. The van der Waals surface area contributed by atoms with Crippen LogP contribution in [0.5, 0.6) is 0 Å². The van der Waals surface area contributed by atoms with E-state index >= 15 is 0 Å². The quantitative estimate of drug-likeness (QED) is 0.553. The van der Waals surface area contributed by atoms with Gasteiger partial charge in [0.25, 0.3) is 5.91 Å². The van der Waals surface area contributed by atoms with Gasteiger partial charge in [-0.1, -0.05) is 11.6 Å². The molecule has 1 saturated heterocycles. The molecule has 0 radical (unpaired) electrons. The lowest BCUT2D eigenvalue weighted by Gasteiger charge is -2.33. The summed E-state index contributed by atoms with van der Waals surface area (Å²) < 4.78 is 10.8. The minimum atomic E-state index is -0.712. The Labute approximate surface area is 135 Å². The summed E-state index contributed by atoms with van der Waals surface area (Å²) in [4.78, 5) is 25.8. The lowest BCUT2D eigenvalue weighted by molar-refractivity contribution is -0.151. The van der Waals surface area contributed by atoms with Gasteiger partial charge >= 0.3 is 5.97 Å². The Balaban J connectivity index is 2.30. The van der Waals surface area contributed by atoms with Crippen LogP contribution in [0, 0.1) is 3.57 Å². The fourth-order valence-corrected chi connectivity index (χ4v) is 2.73. The lowest BCUT2D eigenvalue weighted by Crippen LogP contribution is -2.53. The maximum atomic E-state index is 12.6. The Morgan fingerprint density at radius 1 is 1.50 bits per heavy atom. The van der Waals surface area contributed by atoms with E-state index in [-0.39, 0.29) is 12.5 Å². The minimum Gasteiger partial charge on any atom is -0.467 e. The van der Waals surface area contributed by atoms with Crippen molar-refractivity contribution in [1.29, 1.82) is 0 Å². The van der Waals surface area contributed by atoms with Gasteiger partial charge in [-0.15, -0.1) is 0 Å². The first-order chi connectivity index (χ1) is 9.54. The summed E-state index contributed by atoms with van der Waals surface area (Å²) in [6.45, 7) is 0.896. The molecule has 20 heavy (non-hydrogen) atoms. The molecule has 5 nitrogen and oxygen atoms in total. The average Bonchev–Trinajstić information content (AvgIpc) is 2.48. The highest BCUT2D eigenvalue weighted by Gasteiger charge is 2.34. The van der Waals surface area contributed by atoms with Gasteiger partial charge in [-0.3, -0.25) is 4.79 Å². The largest absolute Gasteiger partial charge is 0.467 e. The number of rotatable bonds is 2. The van der Waals surface area contributed by atoms with Gasteiger partial charge in [0.2, 0.25) is 0 Å². The van der Waals surface area contributed by atoms with Crippen LogP contribution in [0.15, 0.2) is 18.2 Å². The first kappa shape index (κ1) is 15.5. The number of amides is 1. The molecule has 108 valence electrons. The van der Waals surface area contributed by atoms with Crippen molar-refractivity contribution < 1.29 is 19.1 Å². The zero-order valence-corrected chi connectivity index (χ0v) is 13.7. The third-order valence-corrected chi connectivity index (χ3v) is 4.20. The normalized spacial score (nSPS) is 18.8. The molecule has 1 amide bonds. The molecule has 1 aromatic rings. The van der Waals surface area contributed by atoms with E-state index in [2.05, 4.69) is 22.6 Å². The van der Waals surface area contributed by atoms with Crippen molar-refractivity contribution >= 4 is 46.1 Å². The fraction of sp³-hybridized carbons (Fsp3) is 0.385. The van der Waals surface area contributed by atoms with Crippen LogP contribution in [0.1, 0.15) is 10.4 Å². The van der Waals surface area contributed by atoms with Crippen molar-refractivity contribution in [2.45, 2.75) is 6.04 Å². The highest BCUT2D eigenvalue weighted by molar-refractivity contribution is 14.1. The third-order valence-electron chi connectivity index (χ3n) is 3.02. The predicted octanol–water partition coefficient (Wildman–Crippen LogP) is 1.96. The van der Waals surface area contributed by atoms with Crippen molar-refractivity contribution in [1.82, 2.24) is 4.90 Å². The number of ether oxygens (including phenoxy) is 2. The van der Waals surface area contributed by atoms with Crippen LogP contribution in [0.3, 0.4) is 0 Å². The fourth-order valence-electron chi connectivity index (χ4n) is 1.99. The summed E-state index contributed by atoms with van der Waals surface area (Å²) in [5, 5.41) is 0.483. The smallest absolute Gasteiger partial charge is 0.331 e. The number of carbonyl (C=O) groups is 2. The number of nitrogens with zero attached hydrogens (tertiary/aromatic N) is 1. The van der Waals surface area contributed by atoms with E-state index in [1.54, 1.807) is 18.2 Å². The summed E-state index contributed by atoms with van der Waals surface area (Å²) in [5.74, 6) is -0.717. The molecule has 1 aliphatic heterocycles. The monoisotopic (exact) mass is 409 g/mol. The summed E-state index contributed by atoms with van der Waals surface area (Å²) in [6, 6.07) is 4.38. The molecule has 0 saturated carbocycles. The molecule has 0 spiro atoms. The number of benzene rings is 1. The van der Waals surface area contributed by atoms with Crippen LogP contribution < -0.4 is 0 Å². The topological polar surface area (TPSA) is 55.8 Å². The summed E-state index contributed by atoms with van der Waals surface area (Å²) in [7, 11) is 1.29. The zero-order valence-electron chi connectivity index (χ0n) is 10.8. The van der Waals surface area contributed by atoms with Crippen LogP contribution in [0.4, 0.5) is 0 Å². The molecule has 1 fully saturated rings. The standard InChI is InChI=1S/C13H13ClINO4/c1-19-13(18)11-7-20-5-4-16(11)12(17)9-6-8(14)2-3-10(9)15/h2-3,6,11H,4-5,7H2,1H3. The molecule has 0 aromatic heterocycles. The molecule has 1 unspecified atom stereocenters. The summed E-state index contributed by atoms with van der Waals surface area (Å²) in [6.07, 6.45) is 0. The molecule has 1 heterocycles. The van der Waals surface area contributed by atoms with Crippen molar-refractivity contribution in [3.05, 3.63) is 32.4 Å². The van der Waals surface area contributed by atoms with E-state index in [1.165, 1.54) is 12.0 Å². The van der Waals surface area contributed by atoms with Gasteiger partial charge < -0.3 is 14.4 Å². The van der Waals surface area contributed by atoms with E-state index in [1.807, 2.05) is 0 Å². The SMILES string of the molecule is COC(=O)C1COCCN1C(=O)c1cc(Cl)ccc1I. The molecule has 0 N–H and O–H groups in total. The van der Waals surface area contributed by atoms with Gasteiger partial charge in [0, 0.05) is 15.1 Å². The summed E-state index contributed by atoms with van der Waals surface area (Å²) >= 11 is 8.00. The van der Waals surface area contributed by atoms with Gasteiger partial charge in [0.1, 0.15) is 0 Å². The van der Waals surface area contributed by atoms with Gasteiger partial charge in [-0.05, 0) is 40.8 Å². The van der Waals surface area contributed by atoms with Crippen LogP contribution in [-0.2, 0) is 14.3 Å². The van der Waals surface area contributed by atoms with Gasteiger partial charge in [0.05, 0.1) is 25.9 Å². The molecule has 7 heteroatoms. The van der Waals surface area contributed by atoms with Gasteiger partial charge in [-0.2, -0.15) is 0 Å². The van der Waals surface area contributed by atoms with Crippen molar-refractivity contribution in [3.8, 4) is 0 Å². The van der Waals surface area contributed by atoms with E-state index in [0.29, 0.717) is 23.7 Å². The highest BCUT2D eigenvalue weighted by Crippen LogP contribution is 2.21. The molecule has 0 aliphatic carbocycles. The molecule has 0 bridgehead atoms. The highest BCUT2D eigenvalue weighted by atomic mass is 127. The van der Waals surface area contributed by atoms with Crippen molar-refractivity contribution in [2.75, 3.05) is 26.9 Å². The minimum absolute atomic E-state index is 0.148. The maximum absolute atomic E-state index is 12.6. The molecular formula is C13H13ClINO4. The zero-order chi connectivity index (χ0) is 14.7. The van der Waals surface area contributed by atoms with Gasteiger partial charge in [-0.25, -0.2) is 4.79 Å². The Morgan fingerprint density at radius 3 is 2.95 bits per heavy atom. The number of hydrogen-bond acceptors (Lipinski definition) is 4. The molecule has 1 aromatic carbocycles. The van der Waals surface area contributed by atoms with Gasteiger partial charge in [0.15, 0.2) is 6.04 Å². The first-order valence-corrected chi connectivity index (χ1v) is 7.42. The van der Waals surface area contributed by atoms with Crippen LogP contribution in [0.25, 0.3) is 0 Å². The van der Waals surface area contributed by atoms with Crippen molar-refractivity contribution in [3.63, 3.8) is 0 Å². The Morgan fingerprint density at radius 2 is 2.25 bits per heavy atom. The Bertz CT molecular complexity index is 537. The maximum Gasteiger partial charge on any atom is 0.331 e. The lowest BCUT2D eigenvalue weighted by atomic mass is 10.1. The second kappa shape index (κ2) is 6.73. The van der Waals surface area contributed by atoms with Crippen LogP contribution in [0.2, 0.25) is 5.02 Å². The number of carbonyl (C=O) groups excluding carboxylic acids is 2. The number of esters is 1. The number of hydrogen-bond donors (Lipinski definition) is 0. The Kier molecular flexibility index (Phi) is 5.22. The second-order valence-corrected chi connectivity index (χ2v) is 5.84. The average molecular weight is 410 g/mol. The third kappa shape index (κ3) is 3.24. The molecular weight excluding hydrogens is 397 g/mol. The predicted molar refractivity (Wildman–Crippen MR) is 81.8 cm³/mol. The molecule has 1 atom stereocenters. The first-order valence-electron chi connectivity index (χ1n) is 5.96. The van der Waals surface area contributed by atoms with E-state index in [9.17, 15) is 9.59 Å². The Hall–Kier alpha value is -0.860. The van der Waals surface area contributed by atoms with Crippen LogP contribution >= 0.6 is 34.2 Å².